The zero-order valence-electron chi connectivity index (χ0n) is 21.1. The molecule has 0 radical (unpaired) electrons. The van der Waals surface area contributed by atoms with E-state index in [4.69, 9.17) is 14.2 Å². The van der Waals surface area contributed by atoms with Gasteiger partial charge >= 0.3 is 5.97 Å². The summed E-state index contributed by atoms with van der Waals surface area (Å²) in [5.74, 6) is -0.253. The highest BCUT2D eigenvalue weighted by Crippen LogP contribution is 2.36. The molecule has 0 fully saturated rings. The van der Waals surface area contributed by atoms with Gasteiger partial charge in [-0.1, -0.05) is 0 Å². The molecule has 0 N–H and O–H groups in total. The number of benzene rings is 1. The molecule has 0 bridgehead atoms. The molecule has 3 aromatic rings. The van der Waals surface area contributed by atoms with Gasteiger partial charge < -0.3 is 14.2 Å². The smallest absolute Gasteiger partial charge is 0.327 e. The number of methoxy groups -OCH3 is 1. The van der Waals surface area contributed by atoms with E-state index in [9.17, 15) is 17.6 Å². The largest absolute Gasteiger partial charge is 0.493 e. The Morgan fingerprint density at radius 1 is 1.27 bits per heavy atom. The standard InChI is InChI=1S/C24H28BFN4O6S/c1-4-35-23(31)14-30-20-7-5-6-19(17(20)13-28-30)29(2)37(32,33)16-11-18(25)24(27-12-16)36-21-9-8-15(26)10-22(21)34-3/h8-13,19H,4-7,14,25H2,1-3H3/t19-/m1/s1. The molecular formula is C24H28BFN4O6S. The number of fused-ring (bicyclic) bond motifs is 1. The van der Waals surface area contributed by atoms with Crippen molar-refractivity contribution in [2.75, 3.05) is 20.8 Å². The average molecular weight is 530 g/mol. The first-order valence-corrected chi connectivity index (χ1v) is 13.3. The lowest BCUT2D eigenvalue weighted by molar-refractivity contribution is -0.144. The monoisotopic (exact) mass is 530 g/mol. The summed E-state index contributed by atoms with van der Waals surface area (Å²) in [6, 6.07) is 4.87. The summed E-state index contributed by atoms with van der Waals surface area (Å²) in [6.45, 7) is 2.00. The zero-order chi connectivity index (χ0) is 26.7. The van der Waals surface area contributed by atoms with Crippen molar-refractivity contribution in [3.8, 4) is 17.4 Å². The van der Waals surface area contributed by atoms with Gasteiger partial charge in [0.2, 0.25) is 15.9 Å². The van der Waals surface area contributed by atoms with Crippen LogP contribution in [0.1, 0.15) is 37.1 Å². The summed E-state index contributed by atoms with van der Waals surface area (Å²) >= 11 is 0. The van der Waals surface area contributed by atoms with Gasteiger partial charge in [-0.05, 0) is 49.8 Å². The van der Waals surface area contributed by atoms with Crippen molar-refractivity contribution in [3.63, 3.8) is 0 Å². The maximum atomic E-state index is 13.6. The second kappa shape index (κ2) is 10.9. The van der Waals surface area contributed by atoms with Gasteiger partial charge in [0.15, 0.2) is 11.5 Å². The van der Waals surface area contributed by atoms with Crippen molar-refractivity contribution in [3.05, 3.63) is 53.7 Å². The highest BCUT2D eigenvalue weighted by molar-refractivity contribution is 7.89. The van der Waals surface area contributed by atoms with E-state index in [1.54, 1.807) is 25.6 Å². The van der Waals surface area contributed by atoms with Crippen molar-refractivity contribution >= 4 is 29.3 Å². The lowest BCUT2D eigenvalue weighted by atomic mass is 9.93. The van der Waals surface area contributed by atoms with E-state index < -0.39 is 27.9 Å². The third-order valence-electron chi connectivity index (χ3n) is 6.27. The summed E-state index contributed by atoms with van der Waals surface area (Å²) in [4.78, 5) is 16.2. The fourth-order valence-electron chi connectivity index (χ4n) is 4.39. The number of ether oxygens (including phenoxy) is 3. The molecule has 2 aromatic heterocycles. The molecule has 1 aliphatic rings. The van der Waals surface area contributed by atoms with Crippen molar-refractivity contribution in [2.24, 2.45) is 0 Å². The second-order valence-electron chi connectivity index (χ2n) is 8.63. The molecule has 196 valence electrons. The normalized spacial score (nSPS) is 15.3. The van der Waals surface area contributed by atoms with Crippen molar-refractivity contribution in [1.82, 2.24) is 19.1 Å². The van der Waals surface area contributed by atoms with E-state index in [0.29, 0.717) is 18.3 Å². The first-order valence-electron chi connectivity index (χ1n) is 11.8. The van der Waals surface area contributed by atoms with Crippen LogP contribution >= 0.6 is 0 Å². The summed E-state index contributed by atoms with van der Waals surface area (Å²) < 4.78 is 59.5. The van der Waals surface area contributed by atoms with E-state index >= 15 is 0 Å². The van der Waals surface area contributed by atoms with Gasteiger partial charge in [0, 0.05) is 24.4 Å². The predicted molar refractivity (Wildman–Crippen MR) is 135 cm³/mol. The number of pyridine rings is 1. The maximum Gasteiger partial charge on any atom is 0.327 e. The zero-order valence-corrected chi connectivity index (χ0v) is 21.9. The number of carbonyl (C=O) groups excluding carboxylic acids is 1. The minimum atomic E-state index is -3.92. The van der Waals surface area contributed by atoms with Crippen LogP contribution in [-0.4, -0.2) is 62.1 Å². The van der Waals surface area contributed by atoms with Crippen LogP contribution in [0.25, 0.3) is 0 Å². The molecule has 0 spiro atoms. The highest BCUT2D eigenvalue weighted by Gasteiger charge is 2.34. The van der Waals surface area contributed by atoms with Crippen LogP contribution in [0.5, 0.6) is 17.4 Å². The molecule has 0 amide bonds. The van der Waals surface area contributed by atoms with Crippen LogP contribution in [0.2, 0.25) is 0 Å². The van der Waals surface area contributed by atoms with E-state index in [-0.39, 0.29) is 35.4 Å². The van der Waals surface area contributed by atoms with E-state index in [1.807, 2.05) is 0 Å². The van der Waals surface area contributed by atoms with Crippen LogP contribution in [-0.2, 0) is 32.5 Å². The topological polar surface area (TPSA) is 113 Å². The molecule has 0 saturated heterocycles. The van der Waals surface area contributed by atoms with Gasteiger partial charge in [-0.25, -0.2) is 17.8 Å². The Hall–Kier alpha value is -3.45. The quantitative estimate of drug-likeness (QED) is 0.304. The number of aromatic nitrogens is 3. The third kappa shape index (κ3) is 5.47. The SMILES string of the molecule is Bc1cc(S(=O)(=O)N(C)[C@@H]2CCCc3c2cnn3CC(=O)OCC)cnc1Oc1ccc(F)cc1OC. The van der Waals surface area contributed by atoms with Crippen molar-refractivity contribution < 1.29 is 31.8 Å². The first-order chi connectivity index (χ1) is 17.6. The summed E-state index contributed by atoms with van der Waals surface area (Å²) in [6.07, 6.45) is 4.92. The number of sulfonamides is 1. The van der Waals surface area contributed by atoms with E-state index in [1.165, 1.54) is 48.9 Å². The number of hydrogen-bond donors (Lipinski definition) is 0. The second-order valence-corrected chi connectivity index (χ2v) is 10.6. The number of nitrogens with zero attached hydrogens (tertiary/aromatic N) is 4. The predicted octanol–water partition coefficient (Wildman–Crippen LogP) is 1.74. The molecule has 1 aliphatic carbocycles. The van der Waals surface area contributed by atoms with Gasteiger partial charge in [0.05, 0.1) is 32.2 Å². The molecular weight excluding hydrogens is 502 g/mol. The van der Waals surface area contributed by atoms with Crippen molar-refractivity contribution in [2.45, 2.75) is 43.7 Å². The molecule has 4 rings (SSSR count). The third-order valence-corrected chi connectivity index (χ3v) is 8.10. The van der Waals surface area contributed by atoms with Crippen molar-refractivity contribution in [1.29, 1.82) is 0 Å². The van der Waals surface area contributed by atoms with Crippen LogP contribution in [0.4, 0.5) is 4.39 Å². The minimum absolute atomic E-state index is 0.0111. The van der Waals surface area contributed by atoms with Gasteiger partial charge in [-0.15, -0.1) is 0 Å². The number of carbonyl (C=O) groups is 1. The molecule has 1 aromatic carbocycles. The Morgan fingerprint density at radius 2 is 2.05 bits per heavy atom. The van der Waals surface area contributed by atoms with Gasteiger partial charge in [-0.3, -0.25) is 9.48 Å². The summed E-state index contributed by atoms with van der Waals surface area (Å²) in [5, 5.41) is 4.32. The Kier molecular flexibility index (Phi) is 7.83. The molecule has 37 heavy (non-hydrogen) atoms. The van der Waals surface area contributed by atoms with E-state index in [2.05, 4.69) is 10.1 Å². The molecule has 0 saturated carbocycles. The van der Waals surface area contributed by atoms with Crippen LogP contribution < -0.4 is 14.9 Å². The number of rotatable bonds is 9. The van der Waals surface area contributed by atoms with Gasteiger partial charge in [0.1, 0.15) is 25.1 Å². The van der Waals surface area contributed by atoms with Gasteiger partial charge in [0.25, 0.3) is 0 Å². The van der Waals surface area contributed by atoms with Crippen LogP contribution in [0, 0.1) is 5.82 Å². The Bertz CT molecular complexity index is 1410. The minimum Gasteiger partial charge on any atom is -0.493 e. The molecule has 13 heteroatoms. The van der Waals surface area contributed by atoms with Crippen LogP contribution in [0.15, 0.2) is 41.6 Å². The molecule has 10 nitrogen and oxygen atoms in total. The fraction of sp³-hybridized carbons (Fsp3) is 0.375. The summed E-state index contributed by atoms with van der Waals surface area (Å²) in [5.41, 5.74) is 2.08. The van der Waals surface area contributed by atoms with Crippen LogP contribution in [0.3, 0.4) is 0 Å². The molecule has 1 atom stereocenters. The lowest BCUT2D eigenvalue weighted by Gasteiger charge is -2.31. The first kappa shape index (κ1) is 26.6. The molecule has 0 aliphatic heterocycles. The van der Waals surface area contributed by atoms with E-state index in [0.717, 1.165) is 17.7 Å². The Balaban J connectivity index is 1.57. The molecule has 2 heterocycles. The molecule has 0 unspecified atom stereocenters. The number of esters is 1. The number of hydrogen-bond acceptors (Lipinski definition) is 8. The van der Waals surface area contributed by atoms with Gasteiger partial charge in [-0.2, -0.15) is 9.40 Å². The average Bonchev–Trinajstić information content (AvgIpc) is 3.28. The Labute approximate surface area is 215 Å². The number of halogens is 1. The summed E-state index contributed by atoms with van der Waals surface area (Å²) in [7, 11) is 0.676. The lowest BCUT2D eigenvalue weighted by Crippen LogP contribution is -2.34. The maximum absolute atomic E-state index is 13.6. The Morgan fingerprint density at radius 3 is 2.76 bits per heavy atom. The highest BCUT2D eigenvalue weighted by atomic mass is 32.2. The fourth-order valence-corrected chi connectivity index (χ4v) is 5.78.